The molecule has 0 bridgehead atoms. The molecule has 0 aliphatic carbocycles. The van der Waals surface area contributed by atoms with E-state index in [9.17, 15) is 9.18 Å². The second kappa shape index (κ2) is 7.45. The maximum absolute atomic E-state index is 13.7. The summed E-state index contributed by atoms with van der Waals surface area (Å²) >= 11 is 0. The number of ether oxygens (including phenoxy) is 2. The number of hydrogen-bond acceptors (Lipinski definition) is 3. The number of carbonyl (C=O) groups excluding carboxylic acids is 1. The van der Waals surface area contributed by atoms with Gasteiger partial charge in [0.15, 0.2) is 0 Å². The minimum absolute atomic E-state index is 0.118. The van der Waals surface area contributed by atoms with Crippen LogP contribution in [0.5, 0.6) is 5.75 Å². The number of hydrogen-bond donors (Lipinski definition) is 1. The molecular formula is C19H20FNO3. The first-order chi connectivity index (χ1) is 11.6. The van der Waals surface area contributed by atoms with Gasteiger partial charge in [-0.05, 0) is 29.7 Å². The van der Waals surface area contributed by atoms with Gasteiger partial charge in [-0.25, -0.2) is 4.39 Å². The fourth-order valence-electron chi connectivity index (χ4n) is 2.84. The third-order valence-corrected chi connectivity index (χ3v) is 4.20. The molecule has 1 fully saturated rings. The van der Waals surface area contributed by atoms with E-state index in [1.807, 2.05) is 54.6 Å². The molecule has 1 aliphatic rings. The van der Waals surface area contributed by atoms with E-state index in [4.69, 9.17) is 15.2 Å². The van der Waals surface area contributed by atoms with Crippen molar-refractivity contribution < 1.29 is 18.7 Å². The number of nitrogens with two attached hydrogens (primary N) is 1. The van der Waals surface area contributed by atoms with Gasteiger partial charge in [-0.15, -0.1) is 0 Å². The van der Waals surface area contributed by atoms with E-state index in [0.717, 1.165) is 11.1 Å². The highest BCUT2D eigenvalue weighted by atomic mass is 19.1. The van der Waals surface area contributed by atoms with Gasteiger partial charge in [-0.3, -0.25) is 4.79 Å². The van der Waals surface area contributed by atoms with Gasteiger partial charge in [-0.2, -0.15) is 0 Å². The molecule has 2 aromatic rings. The topological polar surface area (TPSA) is 61.6 Å². The van der Waals surface area contributed by atoms with E-state index in [1.54, 1.807) is 0 Å². The smallest absolute Gasteiger partial charge is 0.223 e. The van der Waals surface area contributed by atoms with Crippen LogP contribution in [0.4, 0.5) is 4.39 Å². The Hall–Kier alpha value is -2.40. The van der Waals surface area contributed by atoms with Gasteiger partial charge in [-0.1, -0.05) is 42.5 Å². The maximum Gasteiger partial charge on any atom is 0.223 e. The minimum atomic E-state index is -1.34. The fourth-order valence-corrected chi connectivity index (χ4v) is 2.84. The van der Waals surface area contributed by atoms with E-state index >= 15 is 0 Å². The van der Waals surface area contributed by atoms with E-state index in [2.05, 4.69) is 0 Å². The zero-order valence-corrected chi connectivity index (χ0v) is 13.2. The van der Waals surface area contributed by atoms with Crippen LogP contribution in [0, 0.1) is 5.92 Å². The largest absolute Gasteiger partial charge is 0.489 e. The Balaban J connectivity index is 1.67. The van der Waals surface area contributed by atoms with Crippen molar-refractivity contribution in [2.24, 2.45) is 11.7 Å². The Morgan fingerprint density at radius 1 is 1.21 bits per heavy atom. The molecule has 0 radical (unpaired) electrons. The first-order valence-electron chi connectivity index (χ1n) is 7.95. The molecule has 0 aromatic heterocycles. The second-order valence-electron chi connectivity index (χ2n) is 5.93. The van der Waals surface area contributed by atoms with E-state index < -0.39 is 18.0 Å². The minimum Gasteiger partial charge on any atom is -0.489 e. The monoisotopic (exact) mass is 329 g/mol. The molecule has 0 spiro atoms. The van der Waals surface area contributed by atoms with Crippen LogP contribution in [0.3, 0.4) is 0 Å². The van der Waals surface area contributed by atoms with Crippen molar-refractivity contribution in [2.45, 2.75) is 25.3 Å². The molecule has 126 valence electrons. The number of benzene rings is 2. The first-order valence-corrected chi connectivity index (χ1v) is 7.95. The fraction of sp³-hybridized carbons (Fsp3) is 0.316. The van der Waals surface area contributed by atoms with Crippen molar-refractivity contribution in [1.82, 2.24) is 0 Å². The van der Waals surface area contributed by atoms with Gasteiger partial charge < -0.3 is 15.2 Å². The molecular weight excluding hydrogens is 309 g/mol. The maximum atomic E-state index is 13.7. The molecule has 2 N–H and O–H groups in total. The van der Waals surface area contributed by atoms with Gasteiger partial charge >= 0.3 is 0 Å². The van der Waals surface area contributed by atoms with Crippen LogP contribution >= 0.6 is 0 Å². The van der Waals surface area contributed by atoms with E-state index in [0.29, 0.717) is 12.4 Å². The summed E-state index contributed by atoms with van der Waals surface area (Å²) in [5.41, 5.74) is 7.22. The van der Waals surface area contributed by atoms with Crippen LogP contribution in [0.25, 0.3) is 0 Å². The lowest BCUT2D eigenvalue weighted by Gasteiger charge is -2.30. The summed E-state index contributed by atoms with van der Waals surface area (Å²) in [5, 5.41) is 0. The van der Waals surface area contributed by atoms with E-state index in [-0.39, 0.29) is 19.1 Å². The molecule has 1 saturated heterocycles. The molecule has 1 heterocycles. The lowest BCUT2D eigenvalue weighted by molar-refractivity contribution is -0.133. The third-order valence-electron chi connectivity index (χ3n) is 4.20. The summed E-state index contributed by atoms with van der Waals surface area (Å²) in [7, 11) is 0. The summed E-state index contributed by atoms with van der Waals surface area (Å²) < 4.78 is 25.1. The zero-order chi connectivity index (χ0) is 16.9. The van der Waals surface area contributed by atoms with Crippen molar-refractivity contribution in [3.8, 4) is 5.75 Å². The van der Waals surface area contributed by atoms with Crippen LogP contribution in [0.2, 0.25) is 0 Å². The zero-order valence-electron chi connectivity index (χ0n) is 13.2. The number of carbonyl (C=O) groups is 1. The Labute approximate surface area is 140 Å². The number of alkyl halides is 1. The van der Waals surface area contributed by atoms with Gasteiger partial charge in [0, 0.05) is 0 Å². The van der Waals surface area contributed by atoms with Crippen molar-refractivity contribution >= 4 is 5.91 Å². The average Bonchev–Trinajstić information content (AvgIpc) is 2.61. The van der Waals surface area contributed by atoms with Crippen molar-refractivity contribution in [2.75, 3.05) is 6.61 Å². The lowest BCUT2D eigenvalue weighted by atomic mass is 9.90. The van der Waals surface area contributed by atoms with E-state index in [1.165, 1.54) is 0 Å². The summed E-state index contributed by atoms with van der Waals surface area (Å²) in [4.78, 5) is 11.4. The first kappa shape index (κ1) is 16.5. The second-order valence-corrected chi connectivity index (χ2v) is 5.93. The molecule has 0 saturated carbocycles. The Morgan fingerprint density at radius 2 is 2.00 bits per heavy atom. The van der Waals surface area contributed by atoms with Crippen molar-refractivity contribution in [1.29, 1.82) is 0 Å². The van der Waals surface area contributed by atoms with Crippen LogP contribution in [-0.2, 0) is 16.1 Å². The molecule has 3 atom stereocenters. The van der Waals surface area contributed by atoms with Crippen LogP contribution in [0.1, 0.15) is 23.7 Å². The van der Waals surface area contributed by atoms with Crippen molar-refractivity contribution in [3.63, 3.8) is 0 Å². The predicted molar refractivity (Wildman–Crippen MR) is 88.1 cm³/mol. The highest BCUT2D eigenvalue weighted by Crippen LogP contribution is 2.34. The van der Waals surface area contributed by atoms with Gasteiger partial charge in [0.1, 0.15) is 18.5 Å². The molecule has 3 unspecified atom stereocenters. The van der Waals surface area contributed by atoms with Crippen LogP contribution in [-0.4, -0.2) is 18.7 Å². The molecule has 3 rings (SSSR count). The summed E-state index contributed by atoms with van der Waals surface area (Å²) in [5.74, 6) is -0.720. The highest BCUT2D eigenvalue weighted by Gasteiger charge is 2.35. The molecule has 5 heteroatoms. The van der Waals surface area contributed by atoms with Gasteiger partial charge in [0.05, 0.1) is 18.6 Å². The quantitative estimate of drug-likeness (QED) is 0.916. The standard InChI is InChI=1S/C19H20FNO3/c20-17-12-24-18(10-16(17)19(21)22)14-7-4-8-15(9-14)23-11-13-5-2-1-3-6-13/h1-9,16-18H,10-12H2,(H2,21,22). The van der Waals surface area contributed by atoms with Gasteiger partial charge in [0.2, 0.25) is 5.91 Å². The Kier molecular flexibility index (Phi) is 5.11. The van der Waals surface area contributed by atoms with Gasteiger partial charge in [0.25, 0.3) is 0 Å². The van der Waals surface area contributed by atoms with Crippen LogP contribution in [0.15, 0.2) is 54.6 Å². The highest BCUT2D eigenvalue weighted by molar-refractivity contribution is 5.77. The summed E-state index contributed by atoms with van der Waals surface area (Å²) in [6, 6.07) is 17.3. The molecule has 2 aromatic carbocycles. The number of rotatable bonds is 5. The SMILES string of the molecule is NC(=O)C1CC(c2cccc(OCc3ccccc3)c2)OCC1F. The number of amides is 1. The summed E-state index contributed by atoms with van der Waals surface area (Å²) in [6.07, 6.45) is -1.44. The average molecular weight is 329 g/mol. The normalized spacial score (nSPS) is 23.6. The molecule has 4 nitrogen and oxygen atoms in total. The molecule has 1 amide bonds. The third kappa shape index (κ3) is 3.92. The number of halogens is 1. The van der Waals surface area contributed by atoms with Crippen molar-refractivity contribution in [3.05, 3.63) is 65.7 Å². The van der Waals surface area contributed by atoms with Crippen LogP contribution < -0.4 is 10.5 Å². The lowest BCUT2D eigenvalue weighted by Crippen LogP contribution is -2.39. The number of primary amides is 1. The Morgan fingerprint density at radius 3 is 2.75 bits per heavy atom. The molecule has 1 aliphatic heterocycles. The summed E-state index contributed by atoms with van der Waals surface area (Å²) in [6.45, 7) is 0.347. The Bertz CT molecular complexity index is 692. The molecule has 24 heavy (non-hydrogen) atoms. The predicted octanol–water partition coefficient (Wildman–Crippen LogP) is 3.17.